The van der Waals surface area contributed by atoms with Gasteiger partial charge in [-0.05, 0) is 6.07 Å². The SMILES string of the molecule is CN(C)c1ccnc(N2CCN(Cc3c(F)cncc3F)CC2)n1. The molecule has 1 aliphatic rings. The van der Waals surface area contributed by atoms with Gasteiger partial charge in [-0.1, -0.05) is 0 Å². The molecule has 1 aliphatic heterocycles. The maximum Gasteiger partial charge on any atom is 0.227 e. The Morgan fingerprint density at radius 2 is 1.75 bits per heavy atom. The van der Waals surface area contributed by atoms with Crippen molar-refractivity contribution in [3.63, 3.8) is 0 Å². The molecule has 0 atom stereocenters. The Bertz CT molecular complexity index is 680. The molecule has 2 aromatic rings. The molecule has 1 fully saturated rings. The number of piperazine rings is 1. The molecule has 8 heteroatoms. The summed E-state index contributed by atoms with van der Waals surface area (Å²) in [4.78, 5) is 18.4. The molecule has 0 aliphatic carbocycles. The summed E-state index contributed by atoms with van der Waals surface area (Å²) in [5.74, 6) is 0.337. The Kier molecular flexibility index (Phi) is 4.84. The maximum atomic E-state index is 13.7. The van der Waals surface area contributed by atoms with E-state index >= 15 is 0 Å². The van der Waals surface area contributed by atoms with Gasteiger partial charge < -0.3 is 9.80 Å². The number of aromatic nitrogens is 3. The van der Waals surface area contributed by atoms with Gasteiger partial charge in [0, 0.05) is 58.6 Å². The molecule has 3 rings (SSSR count). The summed E-state index contributed by atoms with van der Waals surface area (Å²) >= 11 is 0. The minimum absolute atomic E-state index is 0.0734. The number of nitrogens with zero attached hydrogens (tertiary/aromatic N) is 6. The van der Waals surface area contributed by atoms with Gasteiger partial charge in [0.1, 0.15) is 17.5 Å². The van der Waals surface area contributed by atoms with Gasteiger partial charge in [-0.2, -0.15) is 4.98 Å². The lowest BCUT2D eigenvalue weighted by Gasteiger charge is -2.35. The van der Waals surface area contributed by atoms with E-state index in [2.05, 4.69) is 19.9 Å². The highest BCUT2D eigenvalue weighted by Crippen LogP contribution is 2.18. The smallest absolute Gasteiger partial charge is 0.227 e. The van der Waals surface area contributed by atoms with Gasteiger partial charge in [0.2, 0.25) is 5.95 Å². The molecule has 0 bridgehead atoms. The molecule has 2 aromatic heterocycles. The van der Waals surface area contributed by atoms with Gasteiger partial charge in [-0.25, -0.2) is 13.8 Å². The van der Waals surface area contributed by atoms with Crippen LogP contribution in [0.3, 0.4) is 0 Å². The van der Waals surface area contributed by atoms with Crippen LogP contribution < -0.4 is 9.80 Å². The number of rotatable bonds is 4. The summed E-state index contributed by atoms with van der Waals surface area (Å²) in [7, 11) is 3.86. The van der Waals surface area contributed by atoms with Crippen LogP contribution in [0.5, 0.6) is 0 Å². The standard InChI is InChI=1S/C16H20F2N6/c1-22(2)15-3-4-20-16(21-15)24-7-5-23(6-8-24)11-12-13(17)9-19-10-14(12)18/h3-4,9-10H,5-8,11H2,1-2H3. The van der Waals surface area contributed by atoms with Crippen molar-refractivity contribution in [2.45, 2.75) is 6.54 Å². The van der Waals surface area contributed by atoms with Crippen LogP contribution in [-0.4, -0.2) is 60.1 Å². The number of pyridine rings is 1. The van der Waals surface area contributed by atoms with E-state index in [1.54, 1.807) is 6.20 Å². The van der Waals surface area contributed by atoms with E-state index in [0.29, 0.717) is 32.1 Å². The van der Waals surface area contributed by atoms with Gasteiger partial charge in [0.25, 0.3) is 0 Å². The van der Waals surface area contributed by atoms with Crippen molar-refractivity contribution in [3.8, 4) is 0 Å². The van der Waals surface area contributed by atoms with Crippen molar-refractivity contribution < 1.29 is 8.78 Å². The molecule has 0 radical (unpaired) electrons. The Labute approximate surface area is 139 Å². The number of hydrogen-bond donors (Lipinski definition) is 0. The average Bonchev–Trinajstić information content (AvgIpc) is 2.59. The monoisotopic (exact) mass is 334 g/mol. The zero-order chi connectivity index (χ0) is 17.1. The van der Waals surface area contributed by atoms with Crippen LogP contribution in [0.1, 0.15) is 5.56 Å². The molecule has 3 heterocycles. The van der Waals surface area contributed by atoms with Gasteiger partial charge >= 0.3 is 0 Å². The summed E-state index contributed by atoms with van der Waals surface area (Å²) < 4.78 is 27.4. The van der Waals surface area contributed by atoms with E-state index in [4.69, 9.17) is 0 Å². The number of halogens is 2. The van der Waals surface area contributed by atoms with E-state index < -0.39 is 11.6 Å². The molecule has 0 saturated carbocycles. The average molecular weight is 334 g/mol. The van der Waals surface area contributed by atoms with Crippen LogP contribution in [0.15, 0.2) is 24.7 Å². The van der Waals surface area contributed by atoms with Crippen LogP contribution in [0, 0.1) is 11.6 Å². The number of hydrogen-bond acceptors (Lipinski definition) is 6. The van der Waals surface area contributed by atoms with E-state index in [-0.39, 0.29) is 12.1 Å². The summed E-state index contributed by atoms with van der Waals surface area (Å²) in [6.07, 6.45) is 3.84. The summed E-state index contributed by atoms with van der Waals surface area (Å²) in [6, 6.07) is 1.86. The van der Waals surface area contributed by atoms with E-state index in [0.717, 1.165) is 18.2 Å². The molecule has 0 amide bonds. The van der Waals surface area contributed by atoms with E-state index in [1.807, 2.05) is 30.0 Å². The first kappa shape index (κ1) is 16.5. The second kappa shape index (κ2) is 7.04. The minimum Gasteiger partial charge on any atom is -0.363 e. The van der Waals surface area contributed by atoms with Gasteiger partial charge in [0.15, 0.2) is 0 Å². The zero-order valence-electron chi connectivity index (χ0n) is 13.8. The lowest BCUT2D eigenvalue weighted by atomic mass is 10.2. The highest BCUT2D eigenvalue weighted by molar-refractivity contribution is 5.42. The Morgan fingerprint density at radius 1 is 1.08 bits per heavy atom. The fourth-order valence-electron chi connectivity index (χ4n) is 2.66. The lowest BCUT2D eigenvalue weighted by molar-refractivity contribution is 0.241. The van der Waals surface area contributed by atoms with Crippen molar-refractivity contribution in [3.05, 3.63) is 41.9 Å². The molecule has 1 saturated heterocycles. The highest BCUT2D eigenvalue weighted by atomic mass is 19.1. The Hall–Kier alpha value is -2.35. The lowest BCUT2D eigenvalue weighted by Crippen LogP contribution is -2.46. The molecule has 128 valence electrons. The van der Waals surface area contributed by atoms with Gasteiger partial charge in [0.05, 0.1) is 12.4 Å². The van der Waals surface area contributed by atoms with Crippen molar-refractivity contribution in [1.29, 1.82) is 0 Å². The van der Waals surface area contributed by atoms with E-state index in [9.17, 15) is 8.78 Å². The third kappa shape index (κ3) is 3.59. The molecule has 6 nitrogen and oxygen atoms in total. The first-order valence-corrected chi connectivity index (χ1v) is 7.80. The zero-order valence-corrected chi connectivity index (χ0v) is 13.8. The normalized spacial score (nSPS) is 15.6. The van der Waals surface area contributed by atoms with Gasteiger partial charge in [-0.15, -0.1) is 0 Å². The Balaban J connectivity index is 1.63. The van der Waals surface area contributed by atoms with Crippen LogP contribution >= 0.6 is 0 Å². The molecule has 0 N–H and O–H groups in total. The maximum absolute atomic E-state index is 13.7. The quantitative estimate of drug-likeness (QED) is 0.845. The third-order valence-electron chi connectivity index (χ3n) is 4.08. The topological polar surface area (TPSA) is 48.4 Å². The molecule has 24 heavy (non-hydrogen) atoms. The fourth-order valence-corrected chi connectivity index (χ4v) is 2.66. The summed E-state index contributed by atoms with van der Waals surface area (Å²) in [6.45, 7) is 3.05. The van der Waals surface area contributed by atoms with Crippen molar-refractivity contribution in [2.24, 2.45) is 0 Å². The highest BCUT2D eigenvalue weighted by Gasteiger charge is 2.21. The molecule has 0 aromatic carbocycles. The van der Waals surface area contributed by atoms with Crippen LogP contribution in [0.2, 0.25) is 0 Å². The van der Waals surface area contributed by atoms with Crippen LogP contribution in [0.25, 0.3) is 0 Å². The number of anilines is 2. The first-order chi connectivity index (χ1) is 11.5. The second-order valence-corrected chi connectivity index (χ2v) is 5.95. The van der Waals surface area contributed by atoms with Crippen molar-refractivity contribution >= 4 is 11.8 Å². The minimum atomic E-state index is -0.598. The predicted molar refractivity (Wildman–Crippen MR) is 88.0 cm³/mol. The third-order valence-corrected chi connectivity index (χ3v) is 4.08. The largest absolute Gasteiger partial charge is 0.363 e. The predicted octanol–water partition coefficient (Wildman–Crippen LogP) is 1.54. The van der Waals surface area contributed by atoms with E-state index in [1.165, 1.54) is 0 Å². The van der Waals surface area contributed by atoms with Crippen molar-refractivity contribution in [1.82, 2.24) is 19.9 Å². The van der Waals surface area contributed by atoms with Crippen molar-refractivity contribution in [2.75, 3.05) is 50.1 Å². The molecular formula is C16H20F2N6. The Morgan fingerprint density at radius 3 is 2.38 bits per heavy atom. The fraction of sp³-hybridized carbons (Fsp3) is 0.438. The molecule has 0 spiro atoms. The summed E-state index contributed by atoms with van der Waals surface area (Å²) in [5, 5.41) is 0. The van der Waals surface area contributed by atoms with Gasteiger partial charge in [-0.3, -0.25) is 9.88 Å². The summed E-state index contributed by atoms with van der Waals surface area (Å²) in [5.41, 5.74) is 0.0734. The molecule has 0 unspecified atom stereocenters. The molecular weight excluding hydrogens is 314 g/mol. The second-order valence-electron chi connectivity index (χ2n) is 5.95. The van der Waals surface area contributed by atoms with Crippen LogP contribution in [-0.2, 0) is 6.54 Å². The van der Waals surface area contributed by atoms with Crippen LogP contribution in [0.4, 0.5) is 20.5 Å². The first-order valence-electron chi connectivity index (χ1n) is 7.80.